The van der Waals surface area contributed by atoms with Crippen molar-refractivity contribution in [2.45, 2.75) is 90.8 Å². The van der Waals surface area contributed by atoms with Crippen molar-refractivity contribution in [3.05, 3.63) is 53.8 Å². The minimum absolute atomic E-state index is 0.112. The van der Waals surface area contributed by atoms with E-state index in [1.165, 1.54) is 56.6 Å². The first kappa shape index (κ1) is 26.7. The van der Waals surface area contributed by atoms with Gasteiger partial charge in [0.1, 0.15) is 11.6 Å². The third-order valence-electron chi connectivity index (χ3n) is 6.62. The molecule has 0 aliphatic carbocycles. The van der Waals surface area contributed by atoms with E-state index in [0.717, 1.165) is 44.5 Å². The topological polar surface area (TPSA) is 27.7 Å². The molecule has 3 nitrogen and oxygen atoms in total. The minimum atomic E-state index is -0.240. The Bertz CT molecular complexity index is 812. The summed E-state index contributed by atoms with van der Waals surface area (Å²) < 4.78 is 32.2. The number of halogens is 1. The van der Waals surface area contributed by atoms with E-state index in [9.17, 15) is 4.39 Å². The Hall–Kier alpha value is -1.91. The Morgan fingerprint density at radius 3 is 2.21 bits per heavy atom. The van der Waals surface area contributed by atoms with E-state index in [1.807, 2.05) is 24.3 Å². The Balaban J connectivity index is 1.40. The number of unbranched alkanes of at least 4 members (excludes halogenated alkanes) is 6. The molecule has 34 heavy (non-hydrogen) atoms. The molecule has 4 heteroatoms. The summed E-state index contributed by atoms with van der Waals surface area (Å²) in [6.45, 7) is 6.68. The maximum absolute atomic E-state index is 14.7. The Morgan fingerprint density at radius 1 is 0.824 bits per heavy atom. The van der Waals surface area contributed by atoms with Crippen LogP contribution in [-0.2, 0) is 15.9 Å². The predicted molar refractivity (Wildman–Crippen MR) is 138 cm³/mol. The van der Waals surface area contributed by atoms with Crippen LogP contribution in [-0.4, -0.2) is 26.1 Å². The van der Waals surface area contributed by atoms with Crippen molar-refractivity contribution in [2.24, 2.45) is 5.92 Å². The van der Waals surface area contributed by atoms with E-state index in [4.69, 9.17) is 14.2 Å². The van der Waals surface area contributed by atoms with E-state index in [1.54, 1.807) is 0 Å². The van der Waals surface area contributed by atoms with Crippen molar-refractivity contribution in [1.29, 1.82) is 0 Å². The number of rotatable bonds is 15. The van der Waals surface area contributed by atoms with Gasteiger partial charge in [-0.2, -0.15) is 0 Å². The van der Waals surface area contributed by atoms with Gasteiger partial charge in [-0.05, 0) is 42.5 Å². The van der Waals surface area contributed by atoms with Gasteiger partial charge in [0.25, 0.3) is 0 Å². The van der Waals surface area contributed by atoms with Crippen molar-refractivity contribution >= 4 is 0 Å². The van der Waals surface area contributed by atoms with E-state index >= 15 is 0 Å². The molecule has 1 heterocycles. The molecule has 0 radical (unpaired) electrons. The van der Waals surface area contributed by atoms with E-state index in [2.05, 4.69) is 26.0 Å². The number of aryl methyl sites for hydroxylation is 1. The Morgan fingerprint density at radius 2 is 1.53 bits per heavy atom. The second kappa shape index (κ2) is 15.2. The van der Waals surface area contributed by atoms with Crippen LogP contribution in [0.4, 0.5) is 4.39 Å². The van der Waals surface area contributed by atoms with Crippen LogP contribution in [0.2, 0.25) is 0 Å². The summed E-state index contributed by atoms with van der Waals surface area (Å²) in [5.74, 6) is 0.903. The maximum Gasteiger partial charge on any atom is 0.157 e. The molecule has 0 unspecified atom stereocenters. The van der Waals surface area contributed by atoms with Gasteiger partial charge in [0.15, 0.2) is 6.29 Å². The van der Waals surface area contributed by atoms with Crippen LogP contribution in [0.3, 0.4) is 0 Å². The third-order valence-corrected chi connectivity index (χ3v) is 6.62. The first-order valence-electron chi connectivity index (χ1n) is 13.4. The first-order valence-corrected chi connectivity index (χ1v) is 13.4. The van der Waals surface area contributed by atoms with E-state index < -0.39 is 0 Å². The van der Waals surface area contributed by atoms with Gasteiger partial charge in [0, 0.05) is 24.0 Å². The molecule has 0 aromatic heterocycles. The smallest absolute Gasteiger partial charge is 0.157 e. The van der Waals surface area contributed by atoms with Crippen molar-refractivity contribution in [2.75, 3.05) is 19.8 Å². The first-order chi connectivity index (χ1) is 16.7. The lowest BCUT2D eigenvalue weighted by molar-refractivity contribution is -0.203. The summed E-state index contributed by atoms with van der Waals surface area (Å²) in [5, 5.41) is 0. The molecule has 0 amide bonds. The van der Waals surface area contributed by atoms with Crippen molar-refractivity contribution in [3.8, 4) is 16.9 Å². The zero-order valence-electron chi connectivity index (χ0n) is 21.2. The molecular weight excluding hydrogens is 427 g/mol. The fraction of sp³-hybridized carbons (Fsp3) is 0.600. The van der Waals surface area contributed by atoms with Gasteiger partial charge in [-0.3, -0.25) is 0 Å². The molecule has 2 aromatic rings. The summed E-state index contributed by atoms with van der Waals surface area (Å²) in [7, 11) is 0. The zero-order valence-corrected chi connectivity index (χ0v) is 21.2. The molecule has 0 atom stereocenters. The van der Waals surface area contributed by atoms with Gasteiger partial charge in [0.2, 0.25) is 0 Å². The van der Waals surface area contributed by atoms with Gasteiger partial charge < -0.3 is 14.2 Å². The highest BCUT2D eigenvalue weighted by molar-refractivity contribution is 5.65. The average molecular weight is 471 g/mol. The lowest BCUT2D eigenvalue weighted by Crippen LogP contribution is -2.32. The molecule has 1 aliphatic rings. The van der Waals surface area contributed by atoms with Gasteiger partial charge in [-0.1, -0.05) is 83.1 Å². The van der Waals surface area contributed by atoms with Crippen LogP contribution in [0.15, 0.2) is 42.5 Å². The summed E-state index contributed by atoms with van der Waals surface area (Å²) in [4.78, 5) is 0. The lowest BCUT2D eigenvalue weighted by Gasteiger charge is -2.29. The maximum atomic E-state index is 14.7. The van der Waals surface area contributed by atoms with Crippen molar-refractivity contribution in [1.82, 2.24) is 0 Å². The molecule has 2 aromatic carbocycles. The molecule has 1 saturated heterocycles. The van der Waals surface area contributed by atoms with Crippen LogP contribution >= 0.6 is 0 Å². The van der Waals surface area contributed by atoms with E-state index in [-0.39, 0.29) is 12.1 Å². The fourth-order valence-electron chi connectivity index (χ4n) is 4.53. The lowest BCUT2D eigenvalue weighted by atomic mass is 10.0. The van der Waals surface area contributed by atoms with Gasteiger partial charge >= 0.3 is 0 Å². The van der Waals surface area contributed by atoms with Gasteiger partial charge in [-0.25, -0.2) is 4.39 Å². The standard InChI is InChI=1S/C30H43FO3/c1-3-5-6-7-8-9-10-20-32-27-17-18-28(29(31)21-27)26-15-12-24(13-16-26)14-19-30-33-22-25(11-4-2)23-34-30/h12-13,15-18,21,25,30H,3-11,14,19-20,22-23H2,1-2H3. The van der Waals surface area contributed by atoms with Crippen LogP contribution in [0.25, 0.3) is 11.1 Å². The van der Waals surface area contributed by atoms with Crippen LogP contribution in [0.5, 0.6) is 5.75 Å². The van der Waals surface area contributed by atoms with Crippen LogP contribution in [0, 0.1) is 11.7 Å². The highest BCUT2D eigenvalue weighted by Gasteiger charge is 2.21. The summed E-state index contributed by atoms with van der Waals surface area (Å²) in [6, 6.07) is 13.3. The molecule has 1 fully saturated rings. The molecular formula is C30H43FO3. The number of hydrogen-bond donors (Lipinski definition) is 0. The fourth-order valence-corrected chi connectivity index (χ4v) is 4.53. The minimum Gasteiger partial charge on any atom is -0.493 e. The van der Waals surface area contributed by atoms with Crippen LogP contribution in [0.1, 0.15) is 83.6 Å². The SMILES string of the molecule is CCCCCCCCCOc1ccc(-c2ccc(CCC3OCC(CCC)CO3)cc2)c(F)c1. The highest BCUT2D eigenvalue weighted by Crippen LogP contribution is 2.27. The average Bonchev–Trinajstić information content (AvgIpc) is 2.86. The Kier molecular flexibility index (Phi) is 11.9. The normalized spacial score (nSPS) is 18.2. The molecule has 0 bridgehead atoms. The number of ether oxygens (including phenoxy) is 3. The largest absolute Gasteiger partial charge is 0.493 e. The quantitative estimate of drug-likeness (QED) is 0.245. The van der Waals surface area contributed by atoms with E-state index in [0.29, 0.717) is 23.8 Å². The second-order valence-corrected chi connectivity index (χ2v) is 9.60. The number of benzene rings is 2. The molecule has 1 aliphatic heterocycles. The molecule has 0 N–H and O–H groups in total. The monoisotopic (exact) mass is 470 g/mol. The van der Waals surface area contributed by atoms with Crippen molar-refractivity contribution < 1.29 is 18.6 Å². The zero-order chi connectivity index (χ0) is 24.0. The molecule has 0 saturated carbocycles. The Labute approximate surface area is 206 Å². The predicted octanol–water partition coefficient (Wildman–Crippen LogP) is 8.34. The van der Waals surface area contributed by atoms with Gasteiger partial charge in [-0.15, -0.1) is 0 Å². The van der Waals surface area contributed by atoms with Crippen molar-refractivity contribution in [3.63, 3.8) is 0 Å². The molecule has 3 rings (SSSR count). The van der Waals surface area contributed by atoms with Gasteiger partial charge in [0.05, 0.1) is 19.8 Å². The summed E-state index contributed by atoms with van der Waals surface area (Å²) in [6.07, 6.45) is 12.6. The molecule has 0 spiro atoms. The van der Waals surface area contributed by atoms with Crippen LogP contribution < -0.4 is 4.74 Å². The molecule has 188 valence electrons. The second-order valence-electron chi connectivity index (χ2n) is 9.60. The third kappa shape index (κ3) is 9.03. The summed E-state index contributed by atoms with van der Waals surface area (Å²) in [5.41, 5.74) is 2.70. The highest BCUT2D eigenvalue weighted by atomic mass is 19.1. The summed E-state index contributed by atoms with van der Waals surface area (Å²) >= 11 is 0. The number of hydrogen-bond acceptors (Lipinski definition) is 3.